The Kier molecular flexibility index (Phi) is 6.78. The summed E-state index contributed by atoms with van der Waals surface area (Å²) in [7, 11) is 0. The summed E-state index contributed by atoms with van der Waals surface area (Å²) in [5.41, 5.74) is 2.49. The number of aromatic nitrogens is 2. The predicted molar refractivity (Wildman–Crippen MR) is 136 cm³/mol. The predicted octanol–water partition coefficient (Wildman–Crippen LogP) is 4.68. The van der Waals surface area contributed by atoms with Crippen molar-refractivity contribution in [2.75, 3.05) is 41.4 Å². The Hall–Kier alpha value is -3.99. The van der Waals surface area contributed by atoms with Crippen molar-refractivity contribution in [1.29, 1.82) is 0 Å². The third-order valence-corrected chi connectivity index (χ3v) is 6.79. The van der Waals surface area contributed by atoms with Crippen molar-refractivity contribution < 1.29 is 27.5 Å². The molecule has 38 heavy (non-hydrogen) atoms. The van der Waals surface area contributed by atoms with Gasteiger partial charge in [0.25, 0.3) is 5.91 Å². The number of hydrogen-bond donors (Lipinski definition) is 1. The van der Waals surface area contributed by atoms with E-state index in [0.717, 1.165) is 34.6 Å². The number of nitrogens with one attached hydrogen (secondary N) is 1. The third-order valence-electron chi connectivity index (χ3n) is 6.79. The van der Waals surface area contributed by atoms with E-state index in [1.165, 1.54) is 6.07 Å². The lowest BCUT2D eigenvalue weighted by molar-refractivity contribution is -0.141. The number of carbonyl (C=O) groups excluding carboxylic acids is 2. The molecule has 2 amide bonds. The van der Waals surface area contributed by atoms with E-state index >= 15 is 0 Å². The van der Waals surface area contributed by atoms with E-state index in [-0.39, 0.29) is 17.5 Å². The zero-order valence-corrected chi connectivity index (χ0v) is 20.9. The largest absolute Gasteiger partial charge is 0.433 e. The van der Waals surface area contributed by atoms with Crippen LogP contribution < -0.4 is 15.1 Å². The van der Waals surface area contributed by atoms with Crippen molar-refractivity contribution in [1.82, 2.24) is 9.97 Å². The lowest BCUT2D eigenvalue weighted by Gasteiger charge is -2.36. The number of rotatable bonds is 4. The molecule has 1 aromatic carbocycles. The van der Waals surface area contributed by atoms with E-state index in [0.29, 0.717) is 44.2 Å². The smallest absolute Gasteiger partial charge is 0.377 e. The van der Waals surface area contributed by atoms with Crippen LogP contribution in [-0.4, -0.2) is 54.1 Å². The molecule has 0 aliphatic carbocycles. The van der Waals surface area contributed by atoms with Gasteiger partial charge in [0.1, 0.15) is 5.69 Å². The summed E-state index contributed by atoms with van der Waals surface area (Å²) in [5, 5.41) is 2.68. The second-order valence-electron chi connectivity index (χ2n) is 9.24. The zero-order valence-electron chi connectivity index (χ0n) is 20.9. The van der Waals surface area contributed by atoms with Crippen LogP contribution in [0.4, 0.5) is 30.4 Å². The van der Waals surface area contributed by atoms with Crippen LogP contribution in [0.1, 0.15) is 35.0 Å². The SMILES string of the molecule is CCN1C(=O)C[C@H]2COCCN2c2cc(-c3cc(NC(=O)c4ccnc(C(F)(F)F)c4)ccc3C)cnc21. The van der Waals surface area contributed by atoms with Crippen LogP contribution in [0.5, 0.6) is 0 Å². The molecule has 1 fully saturated rings. The number of amides is 2. The summed E-state index contributed by atoms with van der Waals surface area (Å²) < 4.78 is 44.7. The zero-order chi connectivity index (χ0) is 27.0. The lowest BCUT2D eigenvalue weighted by Crippen LogP contribution is -2.46. The highest BCUT2D eigenvalue weighted by atomic mass is 19.4. The Morgan fingerprint density at radius 1 is 1.18 bits per heavy atom. The number of morpholine rings is 1. The molecule has 198 valence electrons. The molecule has 0 unspecified atom stereocenters. The molecule has 8 nitrogen and oxygen atoms in total. The van der Waals surface area contributed by atoms with Gasteiger partial charge in [-0.25, -0.2) is 4.98 Å². The van der Waals surface area contributed by atoms with Crippen molar-refractivity contribution in [2.24, 2.45) is 0 Å². The second-order valence-corrected chi connectivity index (χ2v) is 9.24. The fourth-order valence-corrected chi connectivity index (χ4v) is 4.85. The molecule has 5 rings (SSSR count). The van der Waals surface area contributed by atoms with Gasteiger partial charge in [0.15, 0.2) is 5.82 Å². The highest BCUT2D eigenvalue weighted by Gasteiger charge is 2.35. The average Bonchev–Trinajstić information content (AvgIpc) is 3.02. The topological polar surface area (TPSA) is 87.7 Å². The number of hydrogen-bond acceptors (Lipinski definition) is 6. The number of halogens is 3. The molecule has 0 spiro atoms. The molecule has 4 heterocycles. The van der Waals surface area contributed by atoms with Gasteiger partial charge < -0.3 is 15.0 Å². The fourth-order valence-electron chi connectivity index (χ4n) is 4.85. The van der Waals surface area contributed by atoms with Crippen LogP contribution in [0.3, 0.4) is 0 Å². The number of aryl methyl sites for hydroxylation is 1. The Balaban J connectivity index is 1.48. The third kappa shape index (κ3) is 4.93. The van der Waals surface area contributed by atoms with E-state index in [9.17, 15) is 22.8 Å². The minimum atomic E-state index is -4.65. The number of anilines is 3. The minimum Gasteiger partial charge on any atom is -0.377 e. The monoisotopic (exact) mass is 525 g/mol. The number of alkyl halides is 3. The highest BCUT2D eigenvalue weighted by Crippen LogP contribution is 2.38. The van der Waals surface area contributed by atoms with Crippen LogP contribution in [0.25, 0.3) is 11.1 Å². The van der Waals surface area contributed by atoms with E-state index in [1.54, 1.807) is 23.2 Å². The van der Waals surface area contributed by atoms with Crippen LogP contribution in [0, 0.1) is 6.92 Å². The molecule has 3 aromatic rings. The van der Waals surface area contributed by atoms with E-state index in [4.69, 9.17) is 4.74 Å². The first-order valence-corrected chi connectivity index (χ1v) is 12.3. The summed E-state index contributed by atoms with van der Waals surface area (Å²) in [6.45, 7) is 5.96. The minimum absolute atomic E-state index is 0.00215. The number of benzene rings is 1. The molecule has 0 bridgehead atoms. The first-order valence-electron chi connectivity index (χ1n) is 12.3. The van der Waals surface area contributed by atoms with Crippen LogP contribution in [-0.2, 0) is 15.7 Å². The first kappa shape index (κ1) is 25.7. The van der Waals surface area contributed by atoms with Gasteiger partial charge in [-0.15, -0.1) is 0 Å². The van der Waals surface area contributed by atoms with Gasteiger partial charge in [-0.1, -0.05) is 6.07 Å². The summed E-state index contributed by atoms with van der Waals surface area (Å²) in [6, 6.07) is 9.14. The maximum atomic E-state index is 13.0. The quantitative estimate of drug-likeness (QED) is 0.532. The molecule has 2 aliphatic rings. The van der Waals surface area contributed by atoms with E-state index in [1.807, 2.05) is 26.0 Å². The standard InChI is InChI=1S/C27H26F3N5O3/c1-3-34-24(36)13-20-15-38-9-8-35(20)22-10-18(14-32-25(22)34)21-12-19(5-4-16(21)2)33-26(37)17-6-7-31-23(11-17)27(28,29)30/h4-7,10-12,14,20H,3,8-9,13,15H2,1-2H3,(H,33,37)/t20-/m0/s1. The number of ether oxygens (including phenoxy) is 1. The van der Waals surface area contributed by atoms with Gasteiger partial charge in [-0.05, 0) is 55.3 Å². The van der Waals surface area contributed by atoms with Crippen LogP contribution in [0.2, 0.25) is 0 Å². The van der Waals surface area contributed by atoms with Gasteiger partial charge >= 0.3 is 6.18 Å². The Morgan fingerprint density at radius 2 is 2.00 bits per heavy atom. The fraction of sp³-hybridized carbons (Fsp3) is 0.333. The van der Waals surface area contributed by atoms with Crippen molar-refractivity contribution in [3.05, 3.63) is 65.6 Å². The number of carbonyl (C=O) groups is 2. The van der Waals surface area contributed by atoms with Gasteiger partial charge in [-0.2, -0.15) is 13.2 Å². The highest BCUT2D eigenvalue weighted by molar-refractivity contribution is 6.04. The van der Waals surface area contributed by atoms with Gasteiger partial charge in [0, 0.05) is 48.7 Å². The van der Waals surface area contributed by atoms with Crippen molar-refractivity contribution in [3.8, 4) is 11.1 Å². The van der Waals surface area contributed by atoms with Crippen molar-refractivity contribution in [2.45, 2.75) is 32.5 Å². The molecule has 2 aromatic heterocycles. The molecule has 1 atom stereocenters. The normalized spacial score (nSPS) is 17.5. The molecular weight excluding hydrogens is 499 g/mol. The molecule has 0 radical (unpaired) electrons. The van der Waals surface area contributed by atoms with E-state index < -0.39 is 17.8 Å². The summed E-state index contributed by atoms with van der Waals surface area (Å²) in [4.78, 5) is 37.5. The van der Waals surface area contributed by atoms with Crippen molar-refractivity contribution >= 4 is 29.0 Å². The summed E-state index contributed by atoms with van der Waals surface area (Å²) >= 11 is 0. The lowest BCUT2D eigenvalue weighted by atomic mass is 10.00. The molecular formula is C27H26F3N5O3. The number of fused-ring (bicyclic) bond motifs is 3. The average molecular weight is 526 g/mol. The van der Waals surface area contributed by atoms with Crippen molar-refractivity contribution in [3.63, 3.8) is 0 Å². The van der Waals surface area contributed by atoms with Crippen LogP contribution >= 0.6 is 0 Å². The maximum Gasteiger partial charge on any atom is 0.433 e. The molecule has 1 N–H and O–H groups in total. The molecule has 11 heteroatoms. The van der Waals surface area contributed by atoms with Gasteiger partial charge in [0.2, 0.25) is 5.91 Å². The molecule has 1 saturated heterocycles. The van der Waals surface area contributed by atoms with E-state index in [2.05, 4.69) is 20.2 Å². The van der Waals surface area contributed by atoms with Gasteiger partial charge in [0.05, 0.1) is 24.9 Å². The molecule has 2 aliphatic heterocycles. The summed E-state index contributed by atoms with van der Waals surface area (Å²) in [5.74, 6) is -0.0791. The summed E-state index contributed by atoms with van der Waals surface area (Å²) in [6.07, 6.45) is -1.65. The number of nitrogens with zero attached hydrogens (tertiary/aromatic N) is 4. The Labute approximate surface area is 217 Å². The van der Waals surface area contributed by atoms with Gasteiger partial charge in [-0.3, -0.25) is 19.5 Å². The van der Waals surface area contributed by atoms with Crippen LogP contribution in [0.15, 0.2) is 48.8 Å². The Morgan fingerprint density at radius 3 is 2.76 bits per heavy atom. The number of pyridine rings is 2. The second kappa shape index (κ2) is 10.1. The first-order chi connectivity index (χ1) is 18.2. The maximum absolute atomic E-state index is 13.0. The molecule has 0 saturated carbocycles. The Bertz CT molecular complexity index is 1390.